The van der Waals surface area contributed by atoms with Crippen LogP contribution in [0.15, 0.2) is 18.6 Å². The highest BCUT2D eigenvalue weighted by atomic mass is 15.3. The van der Waals surface area contributed by atoms with Crippen LogP contribution in [0, 0.1) is 5.92 Å². The molecule has 0 atom stereocenters. The van der Waals surface area contributed by atoms with Gasteiger partial charge in [-0.15, -0.1) is 0 Å². The van der Waals surface area contributed by atoms with Gasteiger partial charge in [0.1, 0.15) is 0 Å². The Morgan fingerprint density at radius 1 is 1.40 bits per heavy atom. The summed E-state index contributed by atoms with van der Waals surface area (Å²) in [4.78, 5) is 2.31. The van der Waals surface area contributed by atoms with E-state index in [-0.39, 0.29) is 0 Å². The standard InChI is InChI=1S/C15H25N5/c1-5-6-19(4)10-13-7-16-18-15(13)14-8-17-20(11-14)9-12(2)3/h7-8,11-12H,5-6,9-10H2,1-4H3,(H,16,18). The van der Waals surface area contributed by atoms with E-state index in [9.17, 15) is 0 Å². The summed E-state index contributed by atoms with van der Waals surface area (Å²) in [6.07, 6.45) is 7.14. The predicted octanol–water partition coefficient (Wildman–Crippen LogP) is 2.77. The van der Waals surface area contributed by atoms with E-state index in [4.69, 9.17) is 0 Å². The lowest BCUT2D eigenvalue weighted by atomic mass is 10.1. The lowest BCUT2D eigenvalue weighted by Crippen LogP contribution is -2.18. The van der Waals surface area contributed by atoms with Crippen LogP contribution in [0.4, 0.5) is 0 Å². The molecule has 0 aliphatic rings. The van der Waals surface area contributed by atoms with Crippen LogP contribution in [0.3, 0.4) is 0 Å². The number of rotatable bonds is 7. The Hall–Kier alpha value is -1.62. The van der Waals surface area contributed by atoms with Crippen LogP contribution in [0.2, 0.25) is 0 Å². The van der Waals surface area contributed by atoms with Crippen molar-refractivity contribution in [3.8, 4) is 11.3 Å². The zero-order valence-electron chi connectivity index (χ0n) is 12.9. The van der Waals surface area contributed by atoms with Gasteiger partial charge in [-0.1, -0.05) is 20.8 Å². The number of aromatic amines is 1. The molecular formula is C15H25N5. The second kappa shape index (κ2) is 6.70. The first-order valence-corrected chi connectivity index (χ1v) is 7.34. The molecule has 2 aromatic heterocycles. The van der Waals surface area contributed by atoms with Gasteiger partial charge in [0.05, 0.1) is 11.9 Å². The fourth-order valence-corrected chi connectivity index (χ4v) is 2.40. The maximum atomic E-state index is 4.42. The third-order valence-electron chi connectivity index (χ3n) is 3.22. The minimum atomic E-state index is 0.595. The SMILES string of the molecule is CCCN(C)Cc1c[nH]nc1-c1cnn(CC(C)C)c1. The van der Waals surface area contributed by atoms with Crippen molar-refractivity contribution in [3.63, 3.8) is 0 Å². The average Bonchev–Trinajstić information content (AvgIpc) is 2.97. The fraction of sp³-hybridized carbons (Fsp3) is 0.600. The highest BCUT2D eigenvalue weighted by molar-refractivity contribution is 5.60. The average molecular weight is 275 g/mol. The summed E-state index contributed by atoms with van der Waals surface area (Å²) in [6.45, 7) is 9.53. The molecule has 110 valence electrons. The van der Waals surface area contributed by atoms with Gasteiger partial charge in [0.2, 0.25) is 0 Å². The van der Waals surface area contributed by atoms with Crippen LogP contribution in [0.5, 0.6) is 0 Å². The summed E-state index contributed by atoms with van der Waals surface area (Å²) in [6, 6.07) is 0. The van der Waals surface area contributed by atoms with Crippen LogP contribution >= 0.6 is 0 Å². The molecule has 2 rings (SSSR count). The Bertz CT molecular complexity index is 526. The Morgan fingerprint density at radius 3 is 2.90 bits per heavy atom. The molecule has 0 aliphatic heterocycles. The van der Waals surface area contributed by atoms with Gasteiger partial charge < -0.3 is 4.90 Å². The molecule has 0 aromatic carbocycles. The highest BCUT2D eigenvalue weighted by Gasteiger charge is 2.12. The summed E-state index contributed by atoms with van der Waals surface area (Å²) >= 11 is 0. The van der Waals surface area contributed by atoms with Crippen molar-refractivity contribution in [3.05, 3.63) is 24.2 Å². The summed E-state index contributed by atoms with van der Waals surface area (Å²) in [5.74, 6) is 0.595. The molecule has 5 nitrogen and oxygen atoms in total. The largest absolute Gasteiger partial charge is 0.302 e. The van der Waals surface area contributed by atoms with Crippen LogP contribution in [0.25, 0.3) is 11.3 Å². The monoisotopic (exact) mass is 275 g/mol. The fourth-order valence-electron chi connectivity index (χ4n) is 2.40. The smallest absolute Gasteiger partial charge is 0.0997 e. The Labute approximate surface area is 121 Å². The molecule has 0 bridgehead atoms. The first-order valence-electron chi connectivity index (χ1n) is 7.34. The van der Waals surface area contributed by atoms with Crippen molar-refractivity contribution in [2.45, 2.75) is 40.3 Å². The Kier molecular flexibility index (Phi) is 4.95. The molecule has 0 unspecified atom stereocenters. The Balaban J connectivity index is 2.13. The molecule has 0 saturated heterocycles. The van der Waals surface area contributed by atoms with Gasteiger partial charge in [0.15, 0.2) is 0 Å². The van der Waals surface area contributed by atoms with E-state index in [1.54, 1.807) is 0 Å². The van der Waals surface area contributed by atoms with E-state index in [0.717, 1.165) is 37.3 Å². The van der Waals surface area contributed by atoms with Crippen molar-refractivity contribution >= 4 is 0 Å². The lowest BCUT2D eigenvalue weighted by Gasteiger charge is -2.14. The van der Waals surface area contributed by atoms with Crippen molar-refractivity contribution in [1.82, 2.24) is 24.9 Å². The van der Waals surface area contributed by atoms with Gasteiger partial charge in [0, 0.05) is 36.6 Å². The second-order valence-corrected chi connectivity index (χ2v) is 5.84. The normalized spacial score (nSPS) is 11.7. The van der Waals surface area contributed by atoms with Crippen LogP contribution in [-0.2, 0) is 13.1 Å². The van der Waals surface area contributed by atoms with Gasteiger partial charge in [-0.3, -0.25) is 9.78 Å². The Morgan fingerprint density at radius 2 is 2.20 bits per heavy atom. The second-order valence-electron chi connectivity index (χ2n) is 5.84. The number of H-pyrrole nitrogens is 1. The highest BCUT2D eigenvalue weighted by Crippen LogP contribution is 2.21. The number of hydrogen-bond acceptors (Lipinski definition) is 3. The van der Waals surface area contributed by atoms with Gasteiger partial charge in [0.25, 0.3) is 0 Å². The zero-order valence-corrected chi connectivity index (χ0v) is 12.9. The van der Waals surface area contributed by atoms with Gasteiger partial charge in [-0.05, 0) is 25.9 Å². The van der Waals surface area contributed by atoms with E-state index in [2.05, 4.69) is 54.2 Å². The molecule has 0 radical (unpaired) electrons. The summed E-state index contributed by atoms with van der Waals surface area (Å²) in [7, 11) is 2.14. The number of nitrogens with zero attached hydrogens (tertiary/aromatic N) is 4. The topological polar surface area (TPSA) is 49.7 Å². The van der Waals surface area contributed by atoms with Crippen molar-refractivity contribution in [2.75, 3.05) is 13.6 Å². The van der Waals surface area contributed by atoms with Crippen LogP contribution in [0.1, 0.15) is 32.8 Å². The molecule has 0 fully saturated rings. The van der Waals surface area contributed by atoms with E-state index in [1.165, 1.54) is 5.56 Å². The summed E-state index contributed by atoms with van der Waals surface area (Å²) in [5.41, 5.74) is 3.33. The molecule has 0 spiro atoms. The van der Waals surface area contributed by atoms with Gasteiger partial charge in [-0.2, -0.15) is 10.2 Å². The molecule has 2 heterocycles. The summed E-state index contributed by atoms with van der Waals surface area (Å²) in [5, 5.41) is 11.8. The van der Waals surface area contributed by atoms with Crippen LogP contribution in [-0.4, -0.2) is 38.5 Å². The van der Waals surface area contributed by atoms with E-state index in [1.807, 2.05) is 17.1 Å². The van der Waals surface area contributed by atoms with Crippen molar-refractivity contribution in [2.24, 2.45) is 5.92 Å². The van der Waals surface area contributed by atoms with Crippen molar-refractivity contribution in [1.29, 1.82) is 0 Å². The number of nitrogens with one attached hydrogen (secondary N) is 1. The molecule has 5 heteroatoms. The maximum absolute atomic E-state index is 4.42. The summed E-state index contributed by atoms with van der Waals surface area (Å²) < 4.78 is 1.99. The molecular weight excluding hydrogens is 250 g/mol. The molecule has 0 amide bonds. The molecule has 2 aromatic rings. The maximum Gasteiger partial charge on any atom is 0.0997 e. The van der Waals surface area contributed by atoms with Crippen molar-refractivity contribution < 1.29 is 0 Å². The molecule has 0 saturated carbocycles. The third-order valence-corrected chi connectivity index (χ3v) is 3.22. The van der Waals surface area contributed by atoms with Gasteiger partial charge in [-0.25, -0.2) is 0 Å². The molecule has 20 heavy (non-hydrogen) atoms. The first-order chi connectivity index (χ1) is 9.60. The third kappa shape index (κ3) is 3.70. The molecule has 1 N–H and O–H groups in total. The minimum absolute atomic E-state index is 0.595. The predicted molar refractivity (Wildman–Crippen MR) is 81.3 cm³/mol. The minimum Gasteiger partial charge on any atom is -0.302 e. The first kappa shape index (κ1) is 14.8. The molecule has 0 aliphatic carbocycles. The number of aromatic nitrogens is 4. The quantitative estimate of drug-likeness (QED) is 0.845. The lowest BCUT2D eigenvalue weighted by molar-refractivity contribution is 0.328. The van der Waals surface area contributed by atoms with E-state index < -0.39 is 0 Å². The van der Waals surface area contributed by atoms with Gasteiger partial charge >= 0.3 is 0 Å². The van der Waals surface area contributed by atoms with E-state index in [0.29, 0.717) is 5.92 Å². The van der Waals surface area contributed by atoms with Crippen LogP contribution < -0.4 is 0 Å². The number of hydrogen-bond donors (Lipinski definition) is 1. The zero-order chi connectivity index (χ0) is 14.5. The van der Waals surface area contributed by atoms with E-state index >= 15 is 0 Å².